The molecule has 434 valence electrons. The van der Waals surface area contributed by atoms with Crippen LogP contribution >= 0.6 is 0 Å². The fourth-order valence-electron chi connectivity index (χ4n) is 22.2. The maximum Gasteiger partial charge on any atom is 0.160 e. The van der Waals surface area contributed by atoms with E-state index in [2.05, 4.69) is 67.1 Å². The van der Waals surface area contributed by atoms with Gasteiger partial charge in [-0.3, -0.25) is 14.4 Å². The van der Waals surface area contributed by atoms with Crippen LogP contribution in [0.15, 0.2) is 35.7 Å². The van der Waals surface area contributed by atoms with E-state index in [9.17, 15) is 20.4 Å². The number of nitrogens with zero attached hydrogens (tertiary/aromatic N) is 1. The van der Waals surface area contributed by atoms with Crippen molar-refractivity contribution in [3.8, 4) is 0 Å². The number of carbonyl (C=O) groups excluding carboxylic acids is 3. The van der Waals surface area contributed by atoms with Crippen molar-refractivity contribution >= 4 is 28.4 Å². The summed E-state index contributed by atoms with van der Waals surface area (Å²) in [5, 5.41) is 54.9. The van der Waals surface area contributed by atoms with Crippen LogP contribution in [0.5, 0.6) is 0 Å². The number of carbonyl (C=O) groups is 3. The van der Waals surface area contributed by atoms with Gasteiger partial charge >= 0.3 is 0 Å². The van der Waals surface area contributed by atoms with Crippen LogP contribution in [0, 0.1) is 50.2 Å². The number of aryl methyl sites for hydroxylation is 1. The molecule has 80 heavy (non-hydrogen) atoms. The fourth-order valence-corrected chi connectivity index (χ4v) is 22.2. The number of hydrogen-bond donors (Lipinski definition) is 6. The summed E-state index contributed by atoms with van der Waals surface area (Å²) in [7, 11) is 2.04. The molecule has 2 spiro atoms. The first-order valence-corrected chi connectivity index (χ1v) is 32.0. The zero-order valence-corrected chi connectivity index (χ0v) is 49.2. The van der Waals surface area contributed by atoms with Gasteiger partial charge < -0.3 is 44.8 Å². The Balaban J connectivity index is 0.968. The number of aromatic amines is 1. The summed E-state index contributed by atoms with van der Waals surface area (Å²) in [6, 6.07) is 4.89. The van der Waals surface area contributed by atoms with Gasteiger partial charge in [-0.2, -0.15) is 0 Å². The molecule has 2 aromatic heterocycles. The van der Waals surface area contributed by atoms with E-state index in [1.807, 2.05) is 20.9 Å². The minimum atomic E-state index is -1.04. The second-order valence-electron chi connectivity index (χ2n) is 30.4. The van der Waals surface area contributed by atoms with Gasteiger partial charge in [-0.05, 0) is 184 Å². The number of epoxide rings is 1. The van der Waals surface area contributed by atoms with Gasteiger partial charge in [0, 0.05) is 98.2 Å². The minimum Gasteiger partial charge on any atom is -0.393 e. The van der Waals surface area contributed by atoms with E-state index in [1.165, 1.54) is 24.8 Å². The number of aromatic nitrogens is 2. The highest BCUT2D eigenvalue weighted by molar-refractivity contribution is 6.02. The number of Topliss-reactive ketones (excluding diaryl/α,β-unsaturated/α-hetero) is 3. The number of ether oxygens (including phenoxy) is 2. The summed E-state index contributed by atoms with van der Waals surface area (Å²) in [5.41, 5.74) is 5.06. The topological polar surface area (TPSA) is 187 Å². The standard InChI is InChI=1S/C68H93N3O9/c1-61(2)60(80-61)50(75)32-62(3)21-17-39-35-70-56-45(53-44-28-40(38-12-9-8-10-13-38)29-47(43(44)15-16-48(53)73)68(78)24-26-79-27-25-68)36-71(57(39)56)37-46-54-55(62)49(74)33-64(54,5)63(4)22-19-51-65(6,59(63)58(46)77)66(23-18-42(72)31-66)34-52(76)67(51)20-11-14-41(30-67)69-7/h28-29,35-36,38,41-42,46,50-51,53,58-60,69-70,72,75,77-78H,8-27,30-34,37H2,1-7H3. The first-order valence-electron chi connectivity index (χ1n) is 32.0. The number of aliphatic hydroxyl groups is 4. The second kappa shape index (κ2) is 18.5. The molecule has 0 amide bonds. The minimum absolute atomic E-state index is 0.000828. The monoisotopic (exact) mass is 1100 g/mol. The van der Waals surface area contributed by atoms with Gasteiger partial charge in [-0.25, -0.2) is 0 Å². The lowest BCUT2D eigenvalue weighted by molar-refractivity contribution is -0.267. The molecule has 6 N–H and O–H groups in total. The van der Waals surface area contributed by atoms with E-state index in [-0.39, 0.29) is 35.5 Å². The number of ketones is 3. The number of H-pyrrole nitrogens is 1. The van der Waals surface area contributed by atoms with Gasteiger partial charge in [0.15, 0.2) is 5.78 Å². The van der Waals surface area contributed by atoms with Crippen LogP contribution in [0.2, 0.25) is 0 Å². The Hall–Kier alpha value is -3.49. The van der Waals surface area contributed by atoms with Crippen LogP contribution in [-0.4, -0.2) is 104 Å². The first-order chi connectivity index (χ1) is 38.1. The Bertz CT molecular complexity index is 3080. The summed E-state index contributed by atoms with van der Waals surface area (Å²) in [6.07, 6.45) is 19.0. The van der Waals surface area contributed by atoms with Crippen LogP contribution in [0.4, 0.5) is 0 Å². The molecule has 15 unspecified atom stereocenters. The first kappa shape index (κ1) is 54.4. The van der Waals surface area contributed by atoms with Crippen molar-refractivity contribution in [1.29, 1.82) is 0 Å². The normalized spacial score (nSPS) is 42.6. The summed E-state index contributed by atoms with van der Waals surface area (Å²) in [4.78, 5) is 50.3. The van der Waals surface area contributed by atoms with Crippen LogP contribution in [0.3, 0.4) is 0 Å². The van der Waals surface area contributed by atoms with E-state index < -0.39 is 73.8 Å². The Labute approximate surface area is 474 Å². The lowest BCUT2D eigenvalue weighted by Gasteiger charge is -2.75. The molecular formula is C68H93N3O9. The molecule has 12 heteroatoms. The van der Waals surface area contributed by atoms with Crippen molar-refractivity contribution in [2.75, 3.05) is 20.3 Å². The molecule has 11 aliphatic rings. The predicted molar refractivity (Wildman–Crippen MR) is 306 cm³/mol. The van der Waals surface area contributed by atoms with Crippen molar-refractivity contribution in [3.63, 3.8) is 0 Å². The van der Waals surface area contributed by atoms with Gasteiger partial charge in [0.1, 0.15) is 17.7 Å². The van der Waals surface area contributed by atoms with Crippen LogP contribution < -0.4 is 5.32 Å². The molecule has 3 aliphatic heterocycles. The number of fused-ring (bicyclic) bond motifs is 7. The highest BCUT2D eigenvalue weighted by atomic mass is 16.6. The number of rotatable bonds is 7. The summed E-state index contributed by atoms with van der Waals surface area (Å²) in [6.45, 7) is 14.9. The van der Waals surface area contributed by atoms with Crippen LogP contribution in [-0.2, 0) is 48.8 Å². The predicted octanol–water partition coefficient (Wildman–Crippen LogP) is 10.5. The third kappa shape index (κ3) is 7.51. The zero-order valence-electron chi connectivity index (χ0n) is 49.2. The molecule has 2 saturated heterocycles. The summed E-state index contributed by atoms with van der Waals surface area (Å²) in [5.74, 6) is -0.363. The lowest BCUT2D eigenvalue weighted by Crippen LogP contribution is -2.73. The second-order valence-corrected chi connectivity index (χ2v) is 30.4. The maximum atomic E-state index is 15.9. The molecule has 14 rings (SSSR count). The Morgan fingerprint density at radius 2 is 1.60 bits per heavy atom. The third-order valence-electron chi connectivity index (χ3n) is 26.3. The molecule has 8 aliphatic carbocycles. The van der Waals surface area contributed by atoms with Crippen molar-refractivity contribution in [2.45, 2.75) is 249 Å². The van der Waals surface area contributed by atoms with Gasteiger partial charge in [0.05, 0.1) is 46.5 Å². The molecule has 6 saturated carbocycles. The number of allylic oxidation sites excluding steroid dienone is 1. The van der Waals surface area contributed by atoms with Crippen molar-refractivity contribution < 1.29 is 44.3 Å². The zero-order chi connectivity index (χ0) is 55.9. The molecule has 8 fully saturated rings. The molecule has 0 radical (unpaired) electrons. The highest BCUT2D eigenvalue weighted by Crippen LogP contribution is 2.81. The Morgan fingerprint density at radius 3 is 2.31 bits per heavy atom. The van der Waals surface area contributed by atoms with E-state index >= 15 is 14.4 Å². The van der Waals surface area contributed by atoms with Crippen molar-refractivity contribution in [3.05, 3.63) is 69.1 Å². The molecule has 3 aromatic rings. The lowest BCUT2D eigenvalue weighted by atomic mass is 9.29. The van der Waals surface area contributed by atoms with Gasteiger partial charge in [-0.15, -0.1) is 0 Å². The number of aliphatic hydroxyl groups excluding tert-OH is 3. The van der Waals surface area contributed by atoms with Crippen LogP contribution in [0.1, 0.15) is 222 Å². The van der Waals surface area contributed by atoms with Gasteiger partial charge in [0.2, 0.25) is 0 Å². The van der Waals surface area contributed by atoms with E-state index in [4.69, 9.17) is 9.47 Å². The number of benzene rings is 1. The Kier molecular flexibility index (Phi) is 12.6. The number of nitrogens with one attached hydrogen (secondary N) is 2. The van der Waals surface area contributed by atoms with E-state index in [1.54, 1.807) is 0 Å². The number of hydrogen-bond acceptors (Lipinski definition) is 10. The molecule has 5 heterocycles. The Morgan fingerprint density at radius 1 is 0.838 bits per heavy atom. The third-order valence-corrected chi connectivity index (χ3v) is 26.3. The smallest absolute Gasteiger partial charge is 0.160 e. The summed E-state index contributed by atoms with van der Waals surface area (Å²) < 4.78 is 14.4. The summed E-state index contributed by atoms with van der Waals surface area (Å²) >= 11 is 0. The van der Waals surface area contributed by atoms with Crippen molar-refractivity contribution in [2.24, 2.45) is 50.2 Å². The van der Waals surface area contributed by atoms with Gasteiger partial charge in [-0.1, -0.05) is 65.5 Å². The van der Waals surface area contributed by atoms with Crippen molar-refractivity contribution in [1.82, 2.24) is 14.9 Å². The largest absolute Gasteiger partial charge is 0.393 e. The molecule has 0 bridgehead atoms. The quantitative estimate of drug-likeness (QED) is 0.124. The SMILES string of the molecule is CNC1CCCC2(C1)C(=O)CC1(CCC(O)C1)C1(C)C2CCC2(C)C1C(O)C1Cn3cc(C4C(=O)CCc5c4cc(C4CCCCC4)cc5C4(O)CCOCC4)c4[nH]cc(c43)CCC(C)(CC(O)C3OC3(C)C)C3=C1C2(C)CC3=O. The van der Waals surface area contributed by atoms with Gasteiger partial charge in [0.25, 0.3) is 0 Å². The van der Waals surface area contributed by atoms with E-state index in [0.717, 1.165) is 108 Å². The molecule has 1 aromatic carbocycles. The molecule has 12 nitrogen and oxygen atoms in total. The van der Waals surface area contributed by atoms with E-state index in [0.29, 0.717) is 102 Å². The highest BCUT2D eigenvalue weighted by Gasteiger charge is 2.78. The molecular weight excluding hydrogens is 1000 g/mol. The average molecular weight is 1100 g/mol. The fraction of sp³-hybridized carbons (Fsp3) is 0.750. The average Bonchev–Trinajstić information content (AvgIpc) is 3.71. The van der Waals surface area contributed by atoms with Crippen LogP contribution in [0.25, 0.3) is 11.0 Å². The molecule has 15 atom stereocenters. The maximum absolute atomic E-state index is 15.9.